The minimum Gasteiger partial charge on any atom is -0.379 e. The molecule has 2 fully saturated rings. The van der Waals surface area contributed by atoms with E-state index in [1.165, 1.54) is 0 Å². The molecule has 2 aliphatic rings. The number of carbonyl (C=O) groups is 1. The first kappa shape index (κ1) is 22.1. The van der Waals surface area contributed by atoms with Crippen LogP contribution in [0.3, 0.4) is 0 Å². The predicted molar refractivity (Wildman–Crippen MR) is 126 cm³/mol. The first-order valence-electron chi connectivity index (χ1n) is 11.5. The van der Waals surface area contributed by atoms with Gasteiger partial charge in [-0.2, -0.15) is 4.52 Å². The van der Waals surface area contributed by atoms with E-state index in [1.54, 1.807) is 4.52 Å². The van der Waals surface area contributed by atoms with Crippen molar-refractivity contribution in [2.24, 2.45) is 5.92 Å². The molecule has 10 heteroatoms. The first-order chi connectivity index (χ1) is 16.2. The summed E-state index contributed by atoms with van der Waals surface area (Å²) in [5.41, 5.74) is 1.46. The summed E-state index contributed by atoms with van der Waals surface area (Å²) < 4.78 is 7.11. The van der Waals surface area contributed by atoms with E-state index in [9.17, 15) is 4.79 Å². The number of carbonyl (C=O) groups excluding carboxylic acids is 1. The third kappa shape index (κ3) is 4.95. The Labute approximate surface area is 197 Å². The summed E-state index contributed by atoms with van der Waals surface area (Å²) >= 11 is 6.37. The lowest BCUT2D eigenvalue weighted by molar-refractivity contribution is -0.125. The zero-order chi connectivity index (χ0) is 22.6. The van der Waals surface area contributed by atoms with Gasteiger partial charge in [-0.25, -0.2) is 0 Å². The van der Waals surface area contributed by atoms with Gasteiger partial charge < -0.3 is 15.0 Å². The van der Waals surface area contributed by atoms with Crippen LogP contribution in [0.4, 0.5) is 5.82 Å². The highest BCUT2D eigenvalue weighted by Crippen LogP contribution is 2.27. The molecule has 2 saturated heterocycles. The molecule has 1 N–H and O–H groups in total. The fourth-order valence-electron chi connectivity index (χ4n) is 4.44. The number of fused-ring (bicyclic) bond motifs is 1. The van der Waals surface area contributed by atoms with E-state index < -0.39 is 0 Å². The van der Waals surface area contributed by atoms with Gasteiger partial charge in [0.25, 0.3) is 0 Å². The van der Waals surface area contributed by atoms with Crippen molar-refractivity contribution in [1.29, 1.82) is 0 Å². The van der Waals surface area contributed by atoms with Crippen LogP contribution in [-0.4, -0.2) is 83.1 Å². The van der Waals surface area contributed by atoms with Crippen molar-refractivity contribution in [3.63, 3.8) is 0 Å². The number of hydrogen-bond donors (Lipinski definition) is 1. The van der Waals surface area contributed by atoms with Crippen LogP contribution in [0.1, 0.15) is 12.8 Å². The average molecular weight is 470 g/mol. The third-order valence-electron chi connectivity index (χ3n) is 6.38. The molecule has 0 spiro atoms. The molecule has 0 saturated carbocycles. The second-order valence-electron chi connectivity index (χ2n) is 8.47. The number of piperidine rings is 1. The highest BCUT2D eigenvalue weighted by atomic mass is 35.5. The van der Waals surface area contributed by atoms with Crippen LogP contribution in [0.2, 0.25) is 5.02 Å². The van der Waals surface area contributed by atoms with Crippen LogP contribution in [-0.2, 0) is 9.53 Å². The monoisotopic (exact) mass is 469 g/mol. The Morgan fingerprint density at radius 2 is 1.85 bits per heavy atom. The highest BCUT2D eigenvalue weighted by molar-refractivity contribution is 6.33. The topological polar surface area (TPSA) is 87.9 Å². The maximum atomic E-state index is 12.6. The molecule has 0 unspecified atom stereocenters. The molecule has 1 amide bonds. The number of halogens is 1. The molecule has 4 heterocycles. The lowest BCUT2D eigenvalue weighted by atomic mass is 9.96. The van der Waals surface area contributed by atoms with Crippen LogP contribution in [0.5, 0.6) is 0 Å². The summed E-state index contributed by atoms with van der Waals surface area (Å²) in [6.07, 6.45) is 1.62. The van der Waals surface area contributed by atoms with Crippen molar-refractivity contribution >= 4 is 29.0 Å². The van der Waals surface area contributed by atoms with Gasteiger partial charge in [-0.15, -0.1) is 15.3 Å². The van der Waals surface area contributed by atoms with Crippen molar-refractivity contribution in [1.82, 2.24) is 30.0 Å². The standard InChI is InChI=1S/C23H28ClN7O2/c24-19-4-2-1-3-18(19)22-27-26-20-5-6-21(28-31(20)22)30-10-7-17(8-11-30)23(32)25-9-12-29-13-15-33-16-14-29/h1-6,17H,7-16H2,(H,25,32). The number of benzene rings is 1. The Morgan fingerprint density at radius 1 is 1.06 bits per heavy atom. The minimum absolute atomic E-state index is 0.0447. The first-order valence-corrected chi connectivity index (χ1v) is 11.9. The smallest absolute Gasteiger partial charge is 0.223 e. The van der Waals surface area contributed by atoms with E-state index in [0.29, 0.717) is 23.0 Å². The van der Waals surface area contributed by atoms with Gasteiger partial charge in [-0.3, -0.25) is 9.69 Å². The Bertz CT molecular complexity index is 1110. The predicted octanol–water partition coefficient (Wildman–Crippen LogP) is 2.11. The summed E-state index contributed by atoms with van der Waals surface area (Å²) in [5, 5.41) is 17.0. The molecule has 2 aromatic heterocycles. The minimum atomic E-state index is 0.0447. The SMILES string of the molecule is O=C(NCCN1CCOCC1)C1CCN(c2ccc3nnc(-c4ccccc4Cl)n3n2)CC1. The van der Waals surface area contributed by atoms with Gasteiger partial charge >= 0.3 is 0 Å². The molecular weight excluding hydrogens is 442 g/mol. The largest absolute Gasteiger partial charge is 0.379 e. The zero-order valence-electron chi connectivity index (χ0n) is 18.5. The second-order valence-corrected chi connectivity index (χ2v) is 8.88. The van der Waals surface area contributed by atoms with Crippen LogP contribution in [0.15, 0.2) is 36.4 Å². The van der Waals surface area contributed by atoms with Crippen LogP contribution in [0, 0.1) is 5.92 Å². The molecule has 5 rings (SSSR count). The van der Waals surface area contributed by atoms with E-state index in [0.717, 1.165) is 70.2 Å². The summed E-state index contributed by atoms with van der Waals surface area (Å²) in [6.45, 7) is 6.57. The maximum absolute atomic E-state index is 12.6. The van der Waals surface area contributed by atoms with Gasteiger partial charge in [-0.05, 0) is 37.1 Å². The van der Waals surface area contributed by atoms with Crippen molar-refractivity contribution < 1.29 is 9.53 Å². The summed E-state index contributed by atoms with van der Waals surface area (Å²) in [6, 6.07) is 11.4. The molecule has 3 aromatic rings. The number of hydrogen-bond acceptors (Lipinski definition) is 7. The van der Waals surface area contributed by atoms with Crippen LogP contribution in [0.25, 0.3) is 17.0 Å². The molecule has 0 atom stereocenters. The van der Waals surface area contributed by atoms with Crippen molar-refractivity contribution in [2.45, 2.75) is 12.8 Å². The van der Waals surface area contributed by atoms with Crippen molar-refractivity contribution in [2.75, 3.05) is 57.4 Å². The van der Waals surface area contributed by atoms with Gasteiger partial charge in [0.2, 0.25) is 5.91 Å². The number of nitrogens with zero attached hydrogens (tertiary/aromatic N) is 6. The zero-order valence-corrected chi connectivity index (χ0v) is 19.2. The number of nitrogens with one attached hydrogen (secondary N) is 1. The van der Waals surface area contributed by atoms with E-state index in [2.05, 4.69) is 25.3 Å². The van der Waals surface area contributed by atoms with Gasteiger partial charge in [0.05, 0.1) is 18.2 Å². The second kappa shape index (κ2) is 10.0. The number of aromatic nitrogens is 4. The molecule has 0 aliphatic carbocycles. The number of amides is 1. The highest BCUT2D eigenvalue weighted by Gasteiger charge is 2.26. The van der Waals surface area contributed by atoms with Gasteiger partial charge in [0.15, 0.2) is 11.5 Å². The van der Waals surface area contributed by atoms with Crippen molar-refractivity contribution in [3.05, 3.63) is 41.4 Å². The Kier molecular flexibility index (Phi) is 6.70. The Morgan fingerprint density at radius 3 is 2.64 bits per heavy atom. The van der Waals surface area contributed by atoms with Crippen LogP contribution < -0.4 is 10.2 Å². The molecule has 0 radical (unpaired) electrons. The number of anilines is 1. The lowest BCUT2D eigenvalue weighted by Gasteiger charge is -2.32. The quantitative estimate of drug-likeness (QED) is 0.591. The number of ether oxygens (including phenoxy) is 1. The van der Waals surface area contributed by atoms with Crippen LogP contribution >= 0.6 is 11.6 Å². The molecule has 174 valence electrons. The molecule has 0 bridgehead atoms. The average Bonchev–Trinajstić information content (AvgIpc) is 3.28. The van der Waals surface area contributed by atoms with E-state index in [1.807, 2.05) is 36.4 Å². The summed E-state index contributed by atoms with van der Waals surface area (Å²) in [7, 11) is 0. The summed E-state index contributed by atoms with van der Waals surface area (Å²) in [5.74, 6) is 1.67. The normalized spacial score (nSPS) is 18.0. The maximum Gasteiger partial charge on any atom is 0.223 e. The fourth-order valence-corrected chi connectivity index (χ4v) is 4.66. The van der Waals surface area contributed by atoms with E-state index in [-0.39, 0.29) is 11.8 Å². The molecule has 1 aromatic carbocycles. The Hall–Kier alpha value is -2.75. The molecule has 9 nitrogen and oxygen atoms in total. The molecule has 33 heavy (non-hydrogen) atoms. The molecular formula is C23H28ClN7O2. The fraction of sp³-hybridized carbons (Fsp3) is 0.478. The van der Waals surface area contributed by atoms with Gasteiger partial charge in [0.1, 0.15) is 5.82 Å². The lowest BCUT2D eigenvalue weighted by Crippen LogP contribution is -2.44. The van der Waals surface area contributed by atoms with Crippen molar-refractivity contribution in [3.8, 4) is 11.4 Å². The van der Waals surface area contributed by atoms with Gasteiger partial charge in [0, 0.05) is 50.7 Å². The summed E-state index contributed by atoms with van der Waals surface area (Å²) in [4.78, 5) is 17.2. The third-order valence-corrected chi connectivity index (χ3v) is 6.71. The number of rotatable bonds is 6. The van der Waals surface area contributed by atoms with Gasteiger partial charge in [-0.1, -0.05) is 23.7 Å². The number of morpholine rings is 1. The van der Waals surface area contributed by atoms with E-state index >= 15 is 0 Å². The van der Waals surface area contributed by atoms with E-state index in [4.69, 9.17) is 21.4 Å². The molecule has 2 aliphatic heterocycles. The Balaban J connectivity index is 1.19.